The molecule has 1 aromatic heterocycles. The normalized spacial score (nSPS) is 21.1. The molecular weight excluding hydrogens is 208 g/mol. The predicted octanol–water partition coefficient (Wildman–Crippen LogP) is 2.73. The van der Waals surface area contributed by atoms with Gasteiger partial charge in [0, 0.05) is 18.1 Å². The van der Waals surface area contributed by atoms with Crippen LogP contribution in [-0.2, 0) is 6.42 Å². The number of nitrogens with zero attached hydrogens (tertiary/aromatic N) is 2. The summed E-state index contributed by atoms with van der Waals surface area (Å²) in [5.74, 6) is 0.828. The van der Waals surface area contributed by atoms with Crippen LogP contribution in [0.15, 0.2) is 36.5 Å². The zero-order chi connectivity index (χ0) is 11.7. The number of rotatable bonds is 2. The molecule has 2 aromatic rings. The minimum absolute atomic E-state index is 0.828. The van der Waals surface area contributed by atoms with Crippen LogP contribution in [0.1, 0.15) is 12.0 Å². The summed E-state index contributed by atoms with van der Waals surface area (Å²) in [6.45, 7) is 2.49. The van der Waals surface area contributed by atoms with Crippen molar-refractivity contribution in [2.24, 2.45) is 5.92 Å². The third-order valence-corrected chi connectivity index (χ3v) is 3.68. The van der Waals surface area contributed by atoms with E-state index < -0.39 is 0 Å². The van der Waals surface area contributed by atoms with Crippen molar-refractivity contribution in [1.29, 1.82) is 0 Å². The van der Waals surface area contributed by atoms with Gasteiger partial charge < -0.3 is 4.90 Å². The molecule has 2 nitrogen and oxygen atoms in total. The fourth-order valence-electron chi connectivity index (χ4n) is 2.78. The maximum atomic E-state index is 4.36. The Labute approximate surface area is 102 Å². The monoisotopic (exact) mass is 226 g/mol. The van der Waals surface area contributed by atoms with E-state index in [-0.39, 0.29) is 0 Å². The van der Waals surface area contributed by atoms with Gasteiger partial charge in [0.05, 0.1) is 5.52 Å². The van der Waals surface area contributed by atoms with Crippen LogP contribution in [0.25, 0.3) is 10.9 Å². The molecular formula is C15H18N2. The van der Waals surface area contributed by atoms with E-state index in [1.807, 2.05) is 12.3 Å². The molecule has 3 rings (SSSR count). The standard InChI is InChI=1S/C15H18N2/c1-17-8-6-13(11-17)9-12-4-5-15-14(10-12)3-2-7-16-15/h2-5,7,10,13H,6,8-9,11H2,1H3/t13-/m1/s1. The molecule has 0 N–H and O–H groups in total. The Morgan fingerprint density at radius 2 is 2.29 bits per heavy atom. The minimum Gasteiger partial charge on any atom is -0.306 e. The van der Waals surface area contributed by atoms with Crippen LogP contribution in [0.5, 0.6) is 0 Å². The number of aromatic nitrogens is 1. The highest BCUT2D eigenvalue weighted by Gasteiger charge is 2.19. The molecule has 0 saturated carbocycles. The zero-order valence-electron chi connectivity index (χ0n) is 10.3. The molecule has 1 aliphatic heterocycles. The Morgan fingerprint density at radius 1 is 1.35 bits per heavy atom. The summed E-state index contributed by atoms with van der Waals surface area (Å²) >= 11 is 0. The van der Waals surface area contributed by atoms with Gasteiger partial charge in [-0.3, -0.25) is 4.98 Å². The molecule has 2 heteroatoms. The second kappa shape index (κ2) is 4.46. The second-order valence-electron chi connectivity index (χ2n) is 5.15. The van der Waals surface area contributed by atoms with E-state index in [0.717, 1.165) is 11.4 Å². The summed E-state index contributed by atoms with van der Waals surface area (Å²) in [7, 11) is 2.21. The molecule has 1 saturated heterocycles. The minimum atomic E-state index is 0.828. The average molecular weight is 226 g/mol. The van der Waals surface area contributed by atoms with Gasteiger partial charge in [0.25, 0.3) is 0 Å². The van der Waals surface area contributed by atoms with Gasteiger partial charge in [-0.2, -0.15) is 0 Å². The van der Waals surface area contributed by atoms with Crippen molar-refractivity contribution in [3.05, 3.63) is 42.1 Å². The molecule has 17 heavy (non-hydrogen) atoms. The quantitative estimate of drug-likeness (QED) is 0.782. The maximum absolute atomic E-state index is 4.36. The Kier molecular flexibility index (Phi) is 2.81. The van der Waals surface area contributed by atoms with Crippen molar-refractivity contribution in [3.63, 3.8) is 0 Å². The lowest BCUT2D eigenvalue weighted by molar-refractivity contribution is 0.394. The van der Waals surface area contributed by atoms with Crippen LogP contribution in [-0.4, -0.2) is 30.0 Å². The molecule has 88 valence electrons. The number of fused-ring (bicyclic) bond motifs is 1. The van der Waals surface area contributed by atoms with E-state index in [2.05, 4.69) is 41.2 Å². The molecule has 1 atom stereocenters. The summed E-state index contributed by atoms with van der Waals surface area (Å²) in [5, 5.41) is 1.26. The van der Waals surface area contributed by atoms with Crippen molar-refractivity contribution in [1.82, 2.24) is 9.88 Å². The van der Waals surface area contributed by atoms with Gasteiger partial charge in [-0.1, -0.05) is 12.1 Å². The van der Waals surface area contributed by atoms with Gasteiger partial charge in [-0.25, -0.2) is 0 Å². The number of pyridine rings is 1. The Bertz CT molecular complexity index is 521. The maximum Gasteiger partial charge on any atom is 0.0702 e. The Morgan fingerprint density at radius 3 is 3.12 bits per heavy atom. The lowest BCUT2D eigenvalue weighted by atomic mass is 9.97. The lowest BCUT2D eigenvalue weighted by Crippen LogP contribution is -2.14. The SMILES string of the molecule is CN1CC[C@H](Cc2ccc3ncccc3c2)C1. The van der Waals surface area contributed by atoms with Crippen molar-refractivity contribution < 1.29 is 0 Å². The molecule has 2 heterocycles. The van der Waals surface area contributed by atoms with E-state index in [0.29, 0.717) is 0 Å². The molecule has 0 aliphatic carbocycles. The van der Waals surface area contributed by atoms with Gasteiger partial charge in [0.2, 0.25) is 0 Å². The first-order chi connectivity index (χ1) is 8.31. The average Bonchev–Trinajstić information content (AvgIpc) is 2.75. The first-order valence-corrected chi connectivity index (χ1v) is 6.33. The third kappa shape index (κ3) is 2.32. The van der Waals surface area contributed by atoms with Crippen LogP contribution >= 0.6 is 0 Å². The smallest absolute Gasteiger partial charge is 0.0702 e. The highest BCUT2D eigenvalue weighted by molar-refractivity contribution is 5.78. The van der Waals surface area contributed by atoms with Crippen LogP contribution < -0.4 is 0 Å². The third-order valence-electron chi connectivity index (χ3n) is 3.68. The van der Waals surface area contributed by atoms with E-state index in [1.165, 1.54) is 36.9 Å². The van der Waals surface area contributed by atoms with Crippen molar-refractivity contribution in [2.75, 3.05) is 20.1 Å². The summed E-state index contributed by atoms with van der Waals surface area (Å²) in [6, 6.07) is 10.8. The van der Waals surface area contributed by atoms with Crippen molar-refractivity contribution >= 4 is 10.9 Å². The summed E-state index contributed by atoms with van der Waals surface area (Å²) in [6.07, 6.45) is 4.39. The van der Waals surface area contributed by atoms with Crippen LogP contribution in [0.3, 0.4) is 0 Å². The second-order valence-corrected chi connectivity index (χ2v) is 5.15. The zero-order valence-corrected chi connectivity index (χ0v) is 10.3. The Balaban J connectivity index is 1.81. The number of benzene rings is 1. The van der Waals surface area contributed by atoms with Gasteiger partial charge in [-0.15, -0.1) is 0 Å². The van der Waals surface area contributed by atoms with Gasteiger partial charge in [0.1, 0.15) is 0 Å². The Hall–Kier alpha value is -1.41. The number of likely N-dealkylation sites (tertiary alicyclic amines) is 1. The first kappa shape index (κ1) is 10.7. The molecule has 0 amide bonds. The van der Waals surface area contributed by atoms with Crippen LogP contribution in [0.2, 0.25) is 0 Å². The van der Waals surface area contributed by atoms with Crippen LogP contribution in [0.4, 0.5) is 0 Å². The lowest BCUT2D eigenvalue weighted by Gasteiger charge is -2.10. The molecule has 0 unspecified atom stereocenters. The van der Waals surface area contributed by atoms with E-state index in [4.69, 9.17) is 0 Å². The summed E-state index contributed by atoms with van der Waals surface area (Å²) in [4.78, 5) is 6.78. The number of hydrogen-bond acceptors (Lipinski definition) is 2. The highest BCUT2D eigenvalue weighted by atomic mass is 15.1. The van der Waals surface area contributed by atoms with E-state index in [9.17, 15) is 0 Å². The molecule has 0 bridgehead atoms. The first-order valence-electron chi connectivity index (χ1n) is 6.33. The van der Waals surface area contributed by atoms with Crippen molar-refractivity contribution in [2.45, 2.75) is 12.8 Å². The fraction of sp³-hybridized carbons (Fsp3) is 0.400. The summed E-state index contributed by atoms with van der Waals surface area (Å²) < 4.78 is 0. The largest absolute Gasteiger partial charge is 0.306 e. The molecule has 1 fully saturated rings. The highest BCUT2D eigenvalue weighted by Crippen LogP contribution is 2.21. The fourth-order valence-corrected chi connectivity index (χ4v) is 2.78. The number of hydrogen-bond donors (Lipinski definition) is 0. The van der Waals surface area contributed by atoms with Crippen molar-refractivity contribution in [3.8, 4) is 0 Å². The van der Waals surface area contributed by atoms with Gasteiger partial charge >= 0.3 is 0 Å². The predicted molar refractivity (Wildman–Crippen MR) is 71.1 cm³/mol. The van der Waals surface area contributed by atoms with Gasteiger partial charge in [0.15, 0.2) is 0 Å². The summed E-state index contributed by atoms with van der Waals surface area (Å²) in [5.41, 5.74) is 2.55. The molecule has 1 aliphatic rings. The molecule has 0 radical (unpaired) electrons. The van der Waals surface area contributed by atoms with Gasteiger partial charge in [-0.05, 0) is 56.1 Å². The molecule has 1 aromatic carbocycles. The molecule has 0 spiro atoms. The van der Waals surface area contributed by atoms with E-state index >= 15 is 0 Å². The topological polar surface area (TPSA) is 16.1 Å². The van der Waals surface area contributed by atoms with E-state index in [1.54, 1.807) is 0 Å². The van der Waals surface area contributed by atoms with Crippen LogP contribution in [0, 0.1) is 5.92 Å².